The van der Waals surface area contributed by atoms with Crippen LogP contribution in [0.3, 0.4) is 0 Å². The molecule has 0 amide bonds. The molecule has 3 heterocycles. The van der Waals surface area contributed by atoms with Gasteiger partial charge in [-0.3, -0.25) is 9.36 Å². The van der Waals surface area contributed by atoms with Gasteiger partial charge >= 0.3 is 5.97 Å². The topological polar surface area (TPSA) is 83.0 Å². The highest BCUT2D eigenvalue weighted by molar-refractivity contribution is 7.07. The number of carbonyl (C=O) groups is 1. The van der Waals surface area contributed by atoms with Crippen LogP contribution in [0, 0.1) is 6.92 Å². The van der Waals surface area contributed by atoms with Gasteiger partial charge in [0, 0.05) is 0 Å². The summed E-state index contributed by atoms with van der Waals surface area (Å²) in [6, 6.07) is 10.4. The van der Waals surface area contributed by atoms with Crippen molar-refractivity contribution in [3.8, 4) is 5.75 Å². The zero-order valence-electron chi connectivity index (χ0n) is 19.1. The van der Waals surface area contributed by atoms with Gasteiger partial charge in [0.2, 0.25) is 0 Å². The minimum atomic E-state index is -0.735. The second kappa shape index (κ2) is 9.62. The minimum Gasteiger partial charge on any atom is -0.494 e. The van der Waals surface area contributed by atoms with E-state index in [1.165, 1.54) is 15.9 Å². The highest BCUT2D eigenvalue weighted by Gasteiger charge is 2.35. The van der Waals surface area contributed by atoms with Crippen LogP contribution in [-0.2, 0) is 9.53 Å². The molecule has 0 bridgehead atoms. The molecular weight excluding hydrogens is 440 g/mol. The van der Waals surface area contributed by atoms with Gasteiger partial charge in [0.1, 0.15) is 23.3 Å². The standard InChI is InChI=1S/C25H26N2O5S/c1-5-13-31-18-10-8-17(9-11-18)14-20-23(28)27-22(19-12-7-15(3)32-19)21(24(29)30-6-2)16(4)26-25(27)33-20/h7-12,14,22H,5-6,13H2,1-4H3/b20-14-/t22-/m0/s1. The van der Waals surface area contributed by atoms with E-state index in [-0.39, 0.29) is 12.2 Å². The molecule has 0 unspecified atom stereocenters. The number of hydrogen-bond donors (Lipinski definition) is 0. The number of nitrogens with zero attached hydrogens (tertiary/aromatic N) is 2. The van der Waals surface area contributed by atoms with Gasteiger partial charge in [-0.05, 0) is 63.1 Å². The van der Waals surface area contributed by atoms with Crippen LogP contribution in [0.2, 0.25) is 0 Å². The van der Waals surface area contributed by atoms with Gasteiger partial charge < -0.3 is 13.9 Å². The van der Waals surface area contributed by atoms with Gasteiger partial charge in [0.25, 0.3) is 5.56 Å². The summed E-state index contributed by atoms with van der Waals surface area (Å²) in [5.41, 5.74) is 1.45. The first-order valence-corrected chi connectivity index (χ1v) is 11.7. The summed E-state index contributed by atoms with van der Waals surface area (Å²) in [5, 5.41) is 0. The number of allylic oxidation sites excluding steroid dienone is 1. The molecule has 1 atom stereocenters. The summed E-state index contributed by atoms with van der Waals surface area (Å²) in [7, 11) is 0. The van der Waals surface area contributed by atoms with Crippen molar-refractivity contribution in [2.75, 3.05) is 13.2 Å². The molecule has 8 heteroatoms. The number of hydrogen-bond acceptors (Lipinski definition) is 7. The number of thiazole rings is 1. The molecule has 2 aromatic heterocycles. The summed E-state index contributed by atoms with van der Waals surface area (Å²) in [6.45, 7) is 8.26. The number of carbonyl (C=O) groups excluding carboxylic acids is 1. The molecule has 0 N–H and O–H groups in total. The lowest BCUT2D eigenvalue weighted by molar-refractivity contribution is -0.139. The lowest BCUT2D eigenvalue weighted by Gasteiger charge is -2.22. The molecule has 0 aliphatic carbocycles. The van der Waals surface area contributed by atoms with Crippen LogP contribution < -0.4 is 19.6 Å². The average molecular weight is 467 g/mol. The first kappa shape index (κ1) is 22.8. The van der Waals surface area contributed by atoms with Crippen molar-refractivity contribution < 1.29 is 18.7 Å². The largest absolute Gasteiger partial charge is 0.494 e. The Morgan fingerprint density at radius 3 is 2.58 bits per heavy atom. The molecule has 7 nitrogen and oxygen atoms in total. The van der Waals surface area contributed by atoms with E-state index in [0.717, 1.165) is 17.7 Å². The number of esters is 1. The molecule has 0 saturated carbocycles. The molecule has 0 radical (unpaired) electrons. The van der Waals surface area contributed by atoms with Gasteiger partial charge in [0.05, 0.1) is 29.0 Å². The summed E-state index contributed by atoms with van der Waals surface area (Å²) < 4.78 is 18.8. The van der Waals surface area contributed by atoms with Crippen LogP contribution in [-0.4, -0.2) is 23.8 Å². The monoisotopic (exact) mass is 466 g/mol. The first-order chi connectivity index (χ1) is 15.9. The zero-order chi connectivity index (χ0) is 23.5. The van der Waals surface area contributed by atoms with E-state index in [1.54, 1.807) is 19.9 Å². The number of benzene rings is 1. The van der Waals surface area contributed by atoms with E-state index in [9.17, 15) is 9.59 Å². The highest BCUT2D eigenvalue weighted by Crippen LogP contribution is 2.31. The smallest absolute Gasteiger partial charge is 0.338 e. The van der Waals surface area contributed by atoms with Crippen molar-refractivity contribution in [2.45, 2.75) is 40.2 Å². The summed E-state index contributed by atoms with van der Waals surface area (Å²) in [4.78, 5) is 31.4. The van der Waals surface area contributed by atoms with Crippen LogP contribution >= 0.6 is 11.3 Å². The van der Waals surface area contributed by atoms with Crippen molar-refractivity contribution in [3.05, 3.63) is 84.4 Å². The van der Waals surface area contributed by atoms with Gasteiger partial charge in [-0.1, -0.05) is 30.4 Å². The van der Waals surface area contributed by atoms with E-state index in [4.69, 9.17) is 13.9 Å². The van der Waals surface area contributed by atoms with Crippen molar-refractivity contribution >= 4 is 23.4 Å². The first-order valence-electron chi connectivity index (χ1n) is 10.9. The fourth-order valence-corrected chi connectivity index (χ4v) is 4.74. The maximum absolute atomic E-state index is 13.5. The third-order valence-electron chi connectivity index (χ3n) is 5.20. The average Bonchev–Trinajstić information content (AvgIpc) is 3.35. The van der Waals surface area contributed by atoms with Crippen molar-refractivity contribution in [1.82, 2.24) is 4.57 Å². The van der Waals surface area contributed by atoms with E-state index in [2.05, 4.69) is 11.9 Å². The third kappa shape index (κ3) is 4.57. The third-order valence-corrected chi connectivity index (χ3v) is 6.18. The molecule has 0 fully saturated rings. The SMILES string of the molecule is CCCOc1ccc(/C=c2\sc3n(c2=O)[C@@H](c2ccc(C)o2)C(C(=O)OCC)=C(C)N=3)cc1. The van der Waals surface area contributed by atoms with Crippen molar-refractivity contribution in [2.24, 2.45) is 4.99 Å². The number of furan rings is 1. The van der Waals surface area contributed by atoms with Crippen molar-refractivity contribution in [3.63, 3.8) is 0 Å². The normalized spacial score (nSPS) is 15.9. The Morgan fingerprint density at radius 2 is 1.94 bits per heavy atom. The summed E-state index contributed by atoms with van der Waals surface area (Å²) in [5.74, 6) is 1.47. The highest BCUT2D eigenvalue weighted by atomic mass is 32.1. The predicted molar refractivity (Wildman–Crippen MR) is 126 cm³/mol. The fraction of sp³-hybridized carbons (Fsp3) is 0.320. The van der Waals surface area contributed by atoms with Gasteiger partial charge in [-0.2, -0.15) is 0 Å². The lowest BCUT2D eigenvalue weighted by Crippen LogP contribution is -2.39. The Hall–Kier alpha value is -3.39. The van der Waals surface area contributed by atoms with Crippen LogP contribution in [0.1, 0.15) is 50.3 Å². The minimum absolute atomic E-state index is 0.224. The molecule has 33 heavy (non-hydrogen) atoms. The van der Waals surface area contributed by atoms with Crippen LogP contribution in [0.5, 0.6) is 5.75 Å². The van der Waals surface area contributed by atoms with E-state index >= 15 is 0 Å². The molecule has 1 aromatic carbocycles. The second-order valence-electron chi connectivity index (χ2n) is 7.67. The van der Waals surface area contributed by atoms with Crippen LogP contribution in [0.25, 0.3) is 6.08 Å². The quantitative estimate of drug-likeness (QED) is 0.498. The maximum atomic E-state index is 13.5. The predicted octanol–water partition coefficient (Wildman–Crippen LogP) is 3.49. The number of aryl methyl sites for hydroxylation is 1. The molecule has 3 aromatic rings. The van der Waals surface area contributed by atoms with E-state index < -0.39 is 12.0 Å². The number of fused-ring (bicyclic) bond motifs is 1. The van der Waals surface area contributed by atoms with Gasteiger partial charge in [-0.15, -0.1) is 0 Å². The van der Waals surface area contributed by atoms with E-state index in [0.29, 0.717) is 38.7 Å². The van der Waals surface area contributed by atoms with Crippen LogP contribution in [0.4, 0.5) is 0 Å². The molecule has 1 aliphatic heterocycles. The lowest BCUT2D eigenvalue weighted by atomic mass is 10.0. The zero-order valence-corrected chi connectivity index (χ0v) is 19.9. The Balaban J connectivity index is 1.82. The molecular formula is C25H26N2O5S. The summed E-state index contributed by atoms with van der Waals surface area (Å²) in [6.07, 6.45) is 2.76. The fourth-order valence-electron chi connectivity index (χ4n) is 3.69. The van der Waals surface area contributed by atoms with Gasteiger partial charge in [0.15, 0.2) is 4.80 Å². The summed E-state index contributed by atoms with van der Waals surface area (Å²) >= 11 is 1.28. The molecule has 1 aliphatic rings. The number of rotatable bonds is 7. The Labute approximate surface area is 195 Å². The Kier molecular flexibility index (Phi) is 6.65. The molecule has 172 valence electrons. The maximum Gasteiger partial charge on any atom is 0.338 e. The molecule has 0 saturated heterocycles. The molecule has 4 rings (SSSR count). The second-order valence-corrected chi connectivity index (χ2v) is 8.68. The molecule has 0 spiro atoms. The number of aromatic nitrogens is 1. The van der Waals surface area contributed by atoms with E-state index in [1.807, 2.05) is 43.3 Å². The van der Waals surface area contributed by atoms with Gasteiger partial charge in [-0.25, -0.2) is 9.79 Å². The number of ether oxygens (including phenoxy) is 2. The van der Waals surface area contributed by atoms with Crippen LogP contribution in [0.15, 0.2) is 61.9 Å². The van der Waals surface area contributed by atoms with Crippen molar-refractivity contribution in [1.29, 1.82) is 0 Å². The Bertz CT molecular complexity index is 1380. The Morgan fingerprint density at radius 1 is 1.18 bits per heavy atom.